The van der Waals surface area contributed by atoms with Crippen molar-refractivity contribution in [3.8, 4) is 17.3 Å². The first kappa shape index (κ1) is 26.9. The van der Waals surface area contributed by atoms with Crippen molar-refractivity contribution in [2.24, 2.45) is 0 Å². The molecular formula is C26H27AsCl2N3O4. The zero-order valence-corrected chi connectivity index (χ0v) is 23.3. The molecule has 1 fully saturated rings. The molecule has 10 heteroatoms. The summed E-state index contributed by atoms with van der Waals surface area (Å²) in [5.41, 5.74) is 3.07. The fourth-order valence-electron chi connectivity index (χ4n) is 3.73. The topological polar surface area (TPSA) is 73.8 Å². The molecule has 1 radical (unpaired) electrons. The van der Waals surface area contributed by atoms with E-state index in [-0.39, 0.29) is 21.7 Å². The van der Waals surface area contributed by atoms with Crippen molar-refractivity contribution in [3.63, 3.8) is 0 Å². The van der Waals surface area contributed by atoms with Crippen molar-refractivity contribution in [1.29, 1.82) is 0 Å². The third kappa shape index (κ3) is 7.67. The van der Waals surface area contributed by atoms with Crippen molar-refractivity contribution in [2.75, 3.05) is 46.6 Å². The fourth-order valence-corrected chi connectivity index (χ4v) is 6.23. The van der Waals surface area contributed by atoms with Crippen LogP contribution in [0.5, 0.6) is 6.01 Å². The fraction of sp³-hybridized carbons (Fsp3) is 0.346. The molecule has 4 rings (SSSR count). The van der Waals surface area contributed by atoms with E-state index in [4.69, 9.17) is 37.4 Å². The summed E-state index contributed by atoms with van der Waals surface area (Å²) in [7, 11) is 1.55. The van der Waals surface area contributed by atoms with Gasteiger partial charge in [0.15, 0.2) is 0 Å². The van der Waals surface area contributed by atoms with Gasteiger partial charge in [0.05, 0.1) is 13.2 Å². The summed E-state index contributed by atoms with van der Waals surface area (Å²) in [4.78, 5) is 23.9. The van der Waals surface area contributed by atoms with Crippen LogP contribution in [0.15, 0.2) is 48.5 Å². The summed E-state index contributed by atoms with van der Waals surface area (Å²) >= 11 is 12.1. The van der Waals surface area contributed by atoms with E-state index in [1.807, 2.05) is 30.3 Å². The third-order valence-electron chi connectivity index (χ3n) is 5.68. The molecule has 0 unspecified atom stereocenters. The van der Waals surface area contributed by atoms with Gasteiger partial charge in [0, 0.05) is 0 Å². The Bertz CT molecular complexity index is 1190. The van der Waals surface area contributed by atoms with Crippen LogP contribution < -0.4 is 9.22 Å². The number of ether oxygens (including phenoxy) is 3. The van der Waals surface area contributed by atoms with E-state index >= 15 is 0 Å². The molecule has 3 aromatic rings. The van der Waals surface area contributed by atoms with Crippen LogP contribution in [-0.2, 0) is 15.9 Å². The van der Waals surface area contributed by atoms with Crippen molar-refractivity contribution < 1.29 is 19.0 Å². The maximum atomic E-state index is 12.6. The molecule has 2 heterocycles. The SMILES string of the molecule is COc1nc([As]CCc2ccc(Cl)cc2Cl)cc(-c2cccc(C(=O)OCCN3CCOCC3)c2)n1. The zero-order chi connectivity index (χ0) is 25.3. The third-order valence-corrected chi connectivity index (χ3v) is 8.37. The number of morpholine rings is 1. The summed E-state index contributed by atoms with van der Waals surface area (Å²) < 4.78 is 17.2. The molecule has 0 spiro atoms. The van der Waals surface area contributed by atoms with E-state index in [0.717, 1.165) is 53.5 Å². The Morgan fingerprint density at radius 2 is 1.94 bits per heavy atom. The van der Waals surface area contributed by atoms with Gasteiger partial charge < -0.3 is 4.74 Å². The standard InChI is InChI=1S/C26H27AsCl2N3O4/c1-34-26-30-23(17-24(31-26)27-8-7-18-5-6-21(28)16-22(18)29)19-3-2-4-20(15-19)25(33)36-14-11-32-9-12-35-13-10-32/h2-6,15-17H,7-14H2,1H3. The van der Waals surface area contributed by atoms with Crippen LogP contribution in [0.1, 0.15) is 15.9 Å². The van der Waals surface area contributed by atoms with Crippen molar-refractivity contribution in [2.45, 2.75) is 11.6 Å². The molecule has 0 amide bonds. The van der Waals surface area contributed by atoms with Crippen LogP contribution in [0.4, 0.5) is 0 Å². The number of hydrogen-bond donors (Lipinski definition) is 0. The number of benzene rings is 2. The van der Waals surface area contributed by atoms with Crippen LogP contribution in [-0.4, -0.2) is 83.2 Å². The first-order valence-electron chi connectivity index (χ1n) is 11.6. The van der Waals surface area contributed by atoms with E-state index in [1.54, 1.807) is 25.3 Å². The van der Waals surface area contributed by atoms with Gasteiger partial charge in [0.25, 0.3) is 0 Å². The monoisotopic (exact) mass is 590 g/mol. The zero-order valence-electron chi connectivity index (χ0n) is 20.0. The number of esters is 1. The van der Waals surface area contributed by atoms with E-state index in [9.17, 15) is 4.79 Å². The Labute approximate surface area is 227 Å². The minimum absolute atomic E-state index is 0.248. The second-order valence-electron chi connectivity index (χ2n) is 8.14. The van der Waals surface area contributed by atoms with Gasteiger partial charge in [-0.25, -0.2) is 0 Å². The molecular weight excluding hydrogens is 564 g/mol. The first-order valence-corrected chi connectivity index (χ1v) is 14.7. The molecule has 1 aliphatic heterocycles. The average molecular weight is 591 g/mol. The summed E-state index contributed by atoms with van der Waals surface area (Å²) in [6.45, 7) is 4.20. The Morgan fingerprint density at radius 1 is 1.11 bits per heavy atom. The number of carbonyl (C=O) groups is 1. The Kier molecular flexibility index (Phi) is 10.0. The molecule has 1 aliphatic rings. The van der Waals surface area contributed by atoms with Gasteiger partial charge >= 0.3 is 210 Å². The normalized spacial score (nSPS) is 14.3. The molecule has 0 saturated carbocycles. The summed E-state index contributed by atoms with van der Waals surface area (Å²) in [5.74, 6) is -0.350. The van der Waals surface area contributed by atoms with E-state index in [1.165, 1.54) is 0 Å². The van der Waals surface area contributed by atoms with Crippen molar-refractivity contribution >= 4 is 49.4 Å². The van der Waals surface area contributed by atoms with Gasteiger partial charge in [-0.1, -0.05) is 0 Å². The molecule has 1 aromatic heterocycles. The Morgan fingerprint density at radius 3 is 2.72 bits per heavy atom. The second kappa shape index (κ2) is 13.4. The summed E-state index contributed by atoms with van der Waals surface area (Å²) in [6, 6.07) is 15.2. The molecule has 7 nitrogen and oxygen atoms in total. The first-order chi connectivity index (χ1) is 17.5. The van der Waals surface area contributed by atoms with Gasteiger partial charge in [-0.15, -0.1) is 0 Å². The number of hydrogen-bond acceptors (Lipinski definition) is 7. The number of nitrogens with zero attached hydrogens (tertiary/aromatic N) is 3. The average Bonchev–Trinajstić information content (AvgIpc) is 2.90. The van der Waals surface area contributed by atoms with E-state index in [0.29, 0.717) is 40.5 Å². The van der Waals surface area contributed by atoms with Gasteiger partial charge in [0.1, 0.15) is 0 Å². The molecule has 0 bridgehead atoms. The Balaban J connectivity index is 1.40. The molecule has 0 atom stereocenters. The van der Waals surface area contributed by atoms with Gasteiger partial charge in [0.2, 0.25) is 0 Å². The van der Waals surface area contributed by atoms with Gasteiger partial charge in [-0.3, -0.25) is 0 Å². The molecule has 2 aromatic carbocycles. The summed E-state index contributed by atoms with van der Waals surface area (Å²) in [5, 5.41) is 2.25. The number of carbonyl (C=O) groups excluding carboxylic acids is 1. The predicted octanol–water partition coefficient (Wildman–Crippen LogP) is 3.94. The van der Waals surface area contributed by atoms with Crippen LogP contribution in [0.2, 0.25) is 15.3 Å². The molecule has 189 valence electrons. The summed E-state index contributed by atoms with van der Waals surface area (Å²) in [6.07, 6.45) is 0.837. The number of halogens is 2. The molecule has 0 N–H and O–H groups in total. The molecule has 0 aliphatic carbocycles. The molecule has 1 saturated heterocycles. The number of aromatic nitrogens is 2. The number of methoxy groups -OCH3 is 1. The van der Waals surface area contributed by atoms with Gasteiger partial charge in [-0.05, 0) is 0 Å². The van der Waals surface area contributed by atoms with Crippen molar-refractivity contribution in [3.05, 3.63) is 69.7 Å². The van der Waals surface area contributed by atoms with E-state index < -0.39 is 0 Å². The van der Waals surface area contributed by atoms with Crippen molar-refractivity contribution in [1.82, 2.24) is 14.9 Å². The second-order valence-corrected chi connectivity index (χ2v) is 11.5. The van der Waals surface area contributed by atoms with Crippen LogP contribution in [0.25, 0.3) is 11.3 Å². The van der Waals surface area contributed by atoms with Crippen LogP contribution >= 0.6 is 23.2 Å². The van der Waals surface area contributed by atoms with E-state index in [2.05, 4.69) is 14.9 Å². The maximum absolute atomic E-state index is 12.6. The quantitative estimate of drug-likeness (QED) is 0.261. The Hall–Kier alpha value is -2.15. The minimum atomic E-state index is -0.350. The molecule has 36 heavy (non-hydrogen) atoms. The van der Waals surface area contributed by atoms with Crippen LogP contribution in [0, 0.1) is 0 Å². The predicted molar refractivity (Wildman–Crippen MR) is 142 cm³/mol. The van der Waals surface area contributed by atoms with Gasteiger partial charge in [-0.2, -0.15) is 0 Å². The number of rotatable bonds is 10. The number of aryl methyl sites for hydroxylation is 1. The van der Waals surface area contributed by atoms with Crippen LogP contribution in [0.3, 0.4) is 0 Å².